The maximum Gasteiger partial charge on any atom is 0.347 e. The highest BCUT2D eigenvalue weighted by atomic mass is 32.1. The molecule has 0 bridgehead atoms. The average Bonchev–Trinajstić information content (AvgIpc) is 3.24. The largest absolute Gasteiger partial charge is 0.469 e. The standard InChI is InChI=1S/C20H20N4O4S/c1-28-18(25)12-16(17-7-3-10-29-17)23-19(26)22-15-6-2-5-14(11-15)13-24-9-4-8-21-20(24)27/h2-11,16H,12-13H2,1H3,(H2,22,23,26)/t16-/m1/s1. The van der Waals surface area contributed by atoms with Crippen LogP contribution in [-0.2, 0) is 16.1 Å². The molecule has 1 aromatic carbocycles. The number of thiophene rings is 1. The van der Waals surface area contributed by atoms with E-state index in [1.807, 2.05) is 23.6 Å². The van der Waals surface area contributed by atoms with Gasteiger partial charge in [0.15, 0.2) is 0 Å². The highest BCUT2D eigenvalue weighted by Crippen LogP contribution is 2.22. The second-order valence-corrected chi connectivity index (χ2v) is 7.16. The molecule has 150 valence electrons. The molecule has 2 N–H and O–H groups in total. The summed E-state index contributed by atoms with van der Waals surface area (Å²) in [4.78, 5) is 40.5. The summed E-state index contributed by atoms with van der Waals surface area (Å²) in [5.74, 6) is -0.410. The first kappa shape index (κ1) is 20.3. The molecule has 9 heteroatoms. The van der Waals surface area contributed by atoms with Crippen LogP contribution in [0.2, 0.25) is 0 Å². The number of hydrogen-bond donors (Lipinski definition) is 2. The van der Waals surface area contributed by atoms with E-state index in [0.717, 1.165) is 10.4 Å². The quantitative estimate of drug-likeness (QED) is 0.581. The van der Waals surface area contributed by atoms with Gasteiger partial charge in [-0.25, -0.2) is 14.6 Å². The number of nitrogens with one attached hydrogen (secondary N) is 2. The second-order valence-electron chi connectivity index (χ2n) is 6.18. The predicted octanol–water partition coefficient (Wildman–Crippen LogP) is 2.78. The van der Waals surface area contributed by atoms with Crippen LogP contribution >= 0.6 is 11.3 Å². The Hall–Kier alpha value is -3.46. The van der Waals surface area contributed by atoms with Gasteiger partial charge in [0, 0.05) is 23.0 Å². The highest BCUT2D eigenvalue weighted by Gasteiger charge is 2.20. The number of esters is 1. The number of urea groups is 1. The predicted molar refractivity (Wildman–Crippen MR) is 110 cm³/mol. The number of hydrogen-bond acceptors (Lipinski definition) is 6. The lowest BCUT2D eigenvalue weighted by atomic mass is 10.1. The third-order valence-electron chi connectivity index (χ3n) is 4.11. The van der Waals surface area contributed by atoms with Gasteiger partial charge in [0.2, 0.25) is 0 Å². The van der Waals surface area contributed by atoms with Crippen LogP contribution < -0.4 is 16.3 Å². The number of anilines is 1. The summed E-state index contributed by atoms with van der Waals surface area (Å²) in [6, 6.07) is 11.6. The monoisotopic (exact) mass is 412 g/mol. The third kappa shape index (κ3) is 5.76. The molecular weight excluding hydrogens is 392 g/mol. The average molecular weight is 412 g/mol. The Balaban J connectivity index is 1.67. The van der Waals surface area contributed by atoms with Crippen LogP contribution in [0.3, 0.4) is 0 Å². The lowest BCUT2D eigenvalue weighted by Gasteiger charge is -2.17. The summed E-state index contributed by atoms with van der Waals surface area (Å²) in [5.41, 5.74) is 1.06. The van der Waals surface area contributed by atoms with Crippen LogP contribution in [-0.4, -0.2) is 28.7 Å². The van der Waals surface area contributed by atoms with Crippen molar-refractivity contribution in [1.29, 1.82) is 0 Å². The zero-order chi connectivity index (χ0) is 20.6. The summed E-state index contributed by atoms with van der Waals surface area (Å²) in [6.45, 7) is 0.337. The number of methoxy groups -OCH3 is 1. The molecule has 3 rings (SSSR count). The number of rotatable bonds is 7. The van der Waals surface area contributed by atoms with Crippen LogP contribution in [0.1, 0.15) is 22.9 Å². The Kier molecular flexibility index (Phi) is 6.75. The fourth-order valence-electron chi connectivity index (χ4n) is 2.74. The van der Waals surface area contributed by atoms with Crippen molar-refractivity contribution in [2.24, 2.45) is 0 Å². The number of ether oxygens (including phenoxy) is 1. The van der Waals surface area contributed by atoms with Crippen molar-refractivity contribution >= 4 is 29.0 Å². The molecule has 29 heavy (non-hydrogen) atoms. The first-order valence-corrected chi connectivity index (χ1v) is 9.71. The topological polar surface area (TPSA) is 102 Å². The molecule has 0 spiro atoms. The summed E-state index contributed by atoms with van der Waals surface area (Å²) >= 11 is 1.45. The van der Waals surface area contributed by atoms with Gasteiger partial charge in [-0.3, -0.25) is 9.36 Å². The fraction of sp³-hybridized carbons (Fsp3) is 0.200. The van der Waals surface area contributed by atoms with Crippen LogP contribution in [0.15, 0.2) is 65.0 Å². The molecule has 0 aliphatic heterocycles. The number of amides is 2. The van der Waals surface area contributed by atoms with Crippen molar-refractivity contribution in [3.05, 3.63) is 81.2 Å². The van der Waals surface area contributed by atoms with E-state index in [1.54, 1.807) is 30.5 Å². The van der Waals surface area contributed by atoms with E-state index in [4.69, 9.17) is 4.74 Å². The molecule has 0 aliphatic rings. The van der Waals surface area contributed by atoms with Gasteiger partial charge in [0.25, 0.3) is 0 Å². The molecule has 0 aliphatic carbocycles. The minimum absolute atomic E-state index is 0.0361. The summed E-state index contributed by atoms with van der Waals surface area (Å²) in [6.07, 6.45) is 3.13. The van der Waals surface area contributed by atoms with E-state index in [0.29, 0.717) is 12.2 Å². The van der Waals surface area contributed by atoms with E-state index in [-0.39, 0.29) is 12.1 Å². The van der Waals surface area contributed by atoms with Crippen molar-refractivity contribution in [1.82, 2.24) is 14.9 Å². The molecule has 1 atom stereocenters. The number of carbonyl (C=O) groups is 2. The minimum atomic E-state index is -0.486. The van der Waals surface area contributed by atoms with E-state index in [2.05, 4.69) is 15.6 Å². The number of benzene rings is 1. The van der Waals surface area contributed by atoms with E-state index in [1.165, 1.54) is 29.2 Å². The Morgan fingerprint density at radius 2 is 2.10 bits per heavy atom. The third-order valence-corrected chi connectivity index (χ3v) is 5.10. The minimum Gasteiger partial charge on any atom is -0.469 e. The Morgan fingerprint density at radius 1 is 1.24 bits per heavy atom. The second kappa shape index (κ2) is 9.65. The lowest BCUT2D eigenvalue weighted by molar-refractivity contribution is -0.141. The first-order valence-electron chi connectivity index (χ1n) is 8.83. The van der Waals surface area contributed by atoms with Crippen molar-refractivity contribution in [2.75, 3.05) is 12.4 Å². The van der Waals surface area contributed by atoms with Gasteiger partial charge in [-0.15, -0.1) is 11.3 Å². The van der Waals surface area contributed by atoms with Crippen molar-refractivity contribution in [3.63, 3.8) is 0 Å². The maximum absolute atomic E-state index is 12.5. The van der Waals surface area contributed by atoms with Crippen LogP contribution in [0.4, 0.5) is 10.5 Å². The van der Waals surface area contributed by atoms with Gasteiger partial charge in [0.05, 0.1) is 26.1 Å². The SMILES string of the molecule is COC(=O)C[C@@H](NC(=O)Nc1cccc(Cn2cccnc2=O)c1)c1cccs1. The maximum atomic E-state index is 12.5. The number of carbonyl (C=O) groups excluding carboxylic acids is 2. The molecule has 8 nitrogen and oxygen atoms in total. The zero-order valence-corrected chi connectivity index (χ0v) is 16.5. The molecule has 2 amide bonds. The van der Waals surface area contributed by atoms with Crippen molar-refractivity contribution in [2.45, 2.75) is 19.0 Å². The number of aromatic nitrogens is 2. The first-order chi connectivity index (χ1) is 14.0. The molecule has 0 unspecified atom stereocenters. The molecule has 0 radical (unpaired) electrons. The molecule has 2 heterocycles. The highest BCUT2D eigenvalue weighted by molar-refractivity contribution is 7.10. The van der Waals surface area contributed by atoms with Crippen molar-refractivity contribution in [3.8, 4) is 0 Å². The normalized spacial score (nSPS) is 11.5. The summed E-state index contributed by atoms with van der Waals surface area (Å²) < 4.78 is 6.20. The van der Waals surface area contributed by atoms with E-state index < -0.39 is 18.0 Å². The molecule has 0 saturated heterocycles. The van der Waals surface area contributed by atoms with Crippen LogP contribution in [0.5, 0.6) is 0 Å². The Morgan fingerprint density at radius 3 is 2.83 bits per heavy atom. The molecule has 2 aromatic heterocycles. The smallest absolute Gasteiger partial charge is 0.347 e. The van der Waals surface area contributed by atoms with Crippen molar-refractivity contribution < 1.29 is 14.3 Å². The van der Waals surface area contributed by atoms with Gasteiger partial charge in [-0.05, 0) is 35.2 Å². The summed E-state index contributed by atoms with van der Waals surface area (Å²) in [7, 11) is 1.31. The Labute approximate surface area is 171 Å². The summed E-state index contributed by atoms with van der Waals surface area (Å²) in [5, 5.41) is 7.45. The van der Waals surface area contributed by atoms with Gasteiger partial charge in [-0.2, -0.15) is 0 Å². The van der Waals surface area contributed by atoms with Gasteiger partial charge in [-0.1, -0.05) is 18.2 Å². The Bertz CT molecular complexity index is 1030. The van der Waals surface area contributed by atoms with Crippen LogP contribution in [0, 0.1) is 0 Å². The van der Waals surface area contributed by atoms with E-state index in [9.17, 15) is 14.4 Å². The zero-order valence-electron chi connectivity index (χ0n) is 15.7. The van der Waals surface area contributed by atoms with Gasteiger partial charge < -0.3 is 15.4 Å². The molecule has 3 aromatic rings. The fourth-order valence-corrected chi connectivity index (χ4v) is 3.52. The van der Waals surface area contributed by atoms with E-state index >= 15 is 0 Å². The molecule has 0 saturated carbocycles. The molecular formula is C20H20N4O4S. The van der Waals surface area contributed by atoms with Gasteiger partial charge >= 0.3 is 17.7 Å². The van der Waals surface area contributed by atoms with Gasteiger partial charge in [0.1, 0.15) is 0 Å². The molecule has 0 fully saturated rings. The number of nitrogens with zero attached hydrogens (tertiary/aromatic N) is 2. The van der Waals surface area contributed by atoms with Crippen LogP contribution in [0.25, 0.3) is 0 Å². The lowest BCUT2D eigenvalue weighted by Crippen LogP contribution is -2.33.